The summed E-state index contributed by atoms with van der Waals surface area (Å²) < 4.78 is 4.83. The molecule has 0 aliphatic rings. The molecule has 0 unspecified atom stereocenters. The number of hydrogen-bond donors (Lipinski definition) is 3. The summed E-state index contributed by atoms with van der Waals surface area (Å²) in [5, 5.41) is 8.46. The molecule has 0 aliphatic carbocycles. The van der Waals surface area contributed by atoms with Crippen molar-refractivity contribution in [2.75, 3.05) is 32.1 Å². The van der Waals surface area contributed by atoms with E-state index in [1.807, 2.05) is 26.0 Å². The molecule has 0 heterocycles. The van der Waals surface area contributed by atoms with E-state index in [0.717, 1.165) is 5.69 Å². The first-order valence-electron chi connectivity index (χ1n) is 6.94. The zero-order valence-corrected chi connectivity index (χ0v) is 12.7. The molecule has 0 saturated carbocycles. The van der Waals surface area contributed by atoms with Crippen LogP contribution in [-0.4, -0.2) is 44.7 Å². The zero-order chi connectivity index (χ0) is 15.7. The van der Waals surface area contributed by atoms with Crippen LogP contribution in [0.5, 0.6) is 0 Å². The summed E-state index contributed by atoms with van der Waals surface area (Å²) in [6.07, 6.45) is 0. The van der Waals surface area contributed by atoms with Gasteiger partial charge in [0, 0.05) is 25.4 Å². The summed E-state index contributed by atoms with van der Waals surface area (Å²) in [6.45, 7) is 4.81. The Kier molecular flexibility index (Phi) is 7.25. The van der Waals surface area contributed by atoms with Gasteiger partial charge < -0.3 is 20.7 Å². The Morgan fingerprint density at radius 1 is 1.19 bits per heavy atom. The van der Waals surface area contributed by atoms with Crippen molar-refractivity contribution in [3.63, 3.8) is 0 Å². The smallest absolute Gasteiger partial charge is 0.253 e. The number of para-hydroxylation sites is 1. The number of nitrogens with one attached hydrogen (secondary N) is 3. The molecule has 0 bridgehead atoms. The van der Waals surface area contributed by atoms with Gasteiger partial charge in [-0.25, -0.2) is 0 Å². The van der Waals surface area contributed by atoms with E-state index < -0.39 is 0 Å². The first-order chi connectivity index (χ1) is 10.0. The van der Waals surface area contributed by atoms with Gasteiger partial charge in [-0.1, -0.05) is 12.1 Å². The Labute approximate surface area is 125 Å². The minimum absolute atomic E-state index is 0.0570. The summed E-state index contributed by atoms with van der Waals surface area (Å²) >= 11 is 0. The summed E-state index contributed by atoms with van der Waals surface area (Å²) in [4.78, 5) is 23.6. The second-order valence-electron chi connectivity index (χ2n) is 4.87. The number of anilines is 1. The summed E-state index contributed by atoms with van der Waals surface area (Å²) in [7, 11) is 1.56. The lowest BCUT2D eigenvalue weighted by Crippen LogP contribution is -2.38. The van der Waals surface area contributed by atoms with Gasteiger partial charge in [0.15, 0.2) is 0 Å². The Morgan fingerprint density at radius 3 is 2.57 bits per heavy atom. The van der Waals surface area contributed by atoms with Crippen molar-refractivity contribution >= 4 is 17.5 Å². The lowest BCUT2D eigenvalue weighted by Gasteiger charge is -2.14. The normalized spacial score (nSPS) is 10.3. The third kappa shape index (κ3) is 6.27. The van der Waals surface area contributed by atoms with E-state index in [1.54, 1.807) is 19.2 Å². The second-order valence-corrected chi connectivity index (χ2v) is 4.87. The van der Waals surface area contributed by atoms with Gasteiger partial charge in [-0.15, -0.1) is 0 Å². The number of benzene rings is 1. The molecule has 6 heteroatoms. The molecule has 2 amide bonds. The summed E-state index contributed by atoms with van der Waals surface area (Å²) in [5.74, 6) is -0.518. The Bertz CT molecular complexity index is 475. The molecule has 0 aliphatic heterocycles. The minimum Gasteiger partial charge on any atom is -0.383 e. The van der Waals surface area contributed by atoms with Crippen LogP contribution in [0, 0.1) is 0 Å². The van der Waals surface area contributed by atoms with Gasteiger partial charge in [-0.05, 0) is 26.0 Å². The quantitative estimate of drug-likeness (QED) is 0.625. The van der Waals surface area contributed by atoms with Crippen LogP contribution in [0.4, 0.5) is 5.69 Å². The lowest BCUT2D eigenvalue weighted by molar-refractivity contribution is -0.120. The predicted molar refractivity (Wildman–Crippen MR) is 82.4 cm³/mol. The average molecular weight is 293 g/mol. The fourth-order valence-electron chi connectivity index (χ4n) is 1.73. The van der Waals surface area contributed by atoms with Gasteiger partial charge in [-0.2, -0.15) is 0 Å². The van der Waals surface area contributed by atoms with Crippen LogP contribution in [-0.2, 0) is 9.53 Å². The number of carbonyl (C=O) groups excluding carboxylic acids is 2. The van der Waals surface area contributed by atoms with Gasteiger partial charge in [0.2, 0.25) is 5.91 Å². The largest absolute Gasteiger partial charge is 0.383 e. The van der Waals surface area contributed by atoms with E-state index in [2.05, 4.69) is 16.0 Å². The first kappa shape index (κ1) is 17.0. The van der Waals surface area contributed by atoms with Crippen molar-refractivity contribution in [1.29, 1.82) is 0 Å². The molecular formula is C15H23N3O3. The third-order valence-corrected chi connectivity index (χ3v) is 2.65. The van der Waals surface area contributed by atoms with Gasteiger partial charge in [0.25, 0.3) is 5.91 Å². The molecule has 0 radical (unpaired) electrons. The summed E-state index contributed by atoms with van der Waals surface area (Å²) in [6, 6.07) is 7.44. The van der Waals surface area contributed by atoms with Gasteiger partial charge in [0.1, 0.15) is 0 Å². The SMILES string of the molecule is COCCNC(=O)CNC(=O)c1ccccc1NC(C)C. The maximum absolute atomic E-state index is 12.1. The number of amides is 2. The predicted octanol–water partition coefficient (Wildman–Crippen LogP) is 0.999. The van der Waals surface area contributed by atoms with Gasteiger partial charge in [-0.3, -0.25) is 9.59 Å². The van der Waals surface area contributed by atoms with E-state index in [-0.39, 0.29) is 24.4 Å². The van der Waals surface area contributed by atoms with E-state index in [9.17, 15) is 9.59 Å². The van der Waals surface area contributed by atoms with Crippen LogP contribution in [0.15, 0.2) is 24.3 Å². The molecule has 0 fully saturated rings. The molecule has 21 heavy (non-hydrogen) atoms. The number of rotatable bonds is 8. The van der Waals surface area contributed by atoms with E-state index >= 15 is 0 Å². The summed E-state index contributed by atoms with van der Waals surface area (Å²) in [5.41, 5.74) is 1.28. The van der Waals surface area contributed by atoms with Crippen LogP contribution in [0.3, 0.4) is 0 Å². The van der Waals surface area contributed by atoms with Crippen molar-refractivity contribution in [3.8, 4) is 0 Å². The van der Waals surface area contributed by atoms with Crippen LogP contribution < -0.4 is 16.0 Å². The molecule has 1 aromatic rings. The van der Waals surface area contributed by atoms with E-state index in [1.165, 1.54) is 0 Å². The fraction of sp³-hybridized carbons (Fsp3) is 0.467. The topological polar surface area (TPSA) is 79.5 Å². The molecule has 116 valence electrons. The highest BCUT2D eigenvalue weighted by atomic mass is 16.5. The fourth-order valence-corrected chi connectivity index (χ4v) is 1.73. The molecule has 0 atom stereocenters. The average Bonchev–Trinajstić information content (AvgIpc) is 2.45. The molecule has 0 aromatic heterocycles. The van der Waals surface area contributed by atoms with E-state index in [0.29, 0.717) is 18.7 Å². The molecule has 0 spiro atoms. The monoisotopic (exact) mass is 293 g/mol. The standard InChI is InChI=1S/C15H23N3O3/c1-11(2)18-13-7-5-4-6-12(13)15(20)17-10-14(19)16-8-9-21-3/h4-7,11,18H,8-10H2,1-3H3,(H,16,19)(H,17,20). The maximum atomic E-state index is 12.1. The zero-order valence-electron chi connectivity index (χ0n) is 12.7. The van der Waals surface area contributed by atoms with Gasteiger partial charge in [0.05, 0.1) is 18.7 Å². The van der Waals surface area contributed by atoms with Crippen LogP contribution >= 0.6 is 0 Å². The van der Waals surface area contributed by atoms with Crippen LogP contribution in [0.25, 0.3) is 0 Å². The van der Waals surface area contributed by atoms with Crippen molar-refractivity contribution in [1.82, 2.24) is 10.6 Å². The molecule has 0 saturated heterocycles. The Hall–Kier alpha value is -2.08. The number of methoxy groups -OCH3 is 1. The van der Waals surface area contributed by atoms with Gasteiger partial charge >= 0.3 is 0 Å². The number of carbonyl (C=O) groups is 2. The van der Waals surface area contributed by atoms with E-state index in [4.69, 9.17) is 4.74 Å². The highest BCUT2D eigenvalue weighted by molar-refractivity contribution is 6.01. The number of ether oxygens (including phenoxy) is 1. The first-order valence-corrected chi connectivity index (χ1v) is 6.94. The lowest BCUT2D eigenvalue weighted by atomic mass is 10.1. The van der Waals surface area contributed by atoms with Crippen LogP contribution in [0.1, 0.15) is 24.2 Å². The van der Waals surface area contributed by atoms with Crippen molar-refractivity contribution in [3.05, 3.63) is 29.8 Å². The Morgan fingerprint density at radius 2 is 1.90 bits per heavy atom. The highest BCUT2D eigenvalue weighted by Gasteiger charge is 2.12. The second kappa shape index (κ2) is 8.97. The van der Waals surface area contributed by atoms with Crippen molar-refractivity contribution in [2.24, 2.45) is 0 Å². The third-order valence-electron chi connectivity index (χ3n) is 2.65. The molecule has 3 N–H and O–H groups in total. The maximum Gasteiger partial charge on any atom is 0.253 e. The molecule has 1 aromatic carbocycles. The molecular weight excluding hydrogens is 270 g/mol. The molecule has 6 nitrogen and oxygen atoms in total. The number of hydrogen-bond acceptors (Lipinski definition) is 4. The Balaban J connectivity index is 2.54. The highest BCUT2D eigenvalue weighted by Crippen LogP contribution is 2.15. The minimum atomic E-state index is -0.277. The van der Waals surface area contributed by atoms with Crippen molar-refractivity contribution < 1.29 is 14.3 Å². The molecule has 1 rings (SSSR count). The van der Waals surface area contributed by atoms with Crippen LogP contribution in [0.2, 0.25) is 0 Å². The van der Waals surface area contributed by atoms with Crippen molar-refractivity contribution in [2.45, 2.75) is 19.9 Å².